The lowest BCUT2D eigenvalue weighted by molar-refractivity contribution is -0.161. The van der Waals surface area contributed by atoms with Crippen LogP contribution in [-0.2, 0) is 9.59 Å². The Bertz CT molecular complexity index is 785. The van der Waals surface area contributed by atoms with Crippen molar-refractivity contribution in [1.82, 2.24) is 10.2 Å². The minimum Gasteiger partial charge on any atom is -0.477 e. The Kier molecular flexibility index (Phi) is 4.22. The first-order valence-corrected chi connectivity index (χ1v) is 7.82. The molecule has 3 N–H and O–H groups in total. The summed E-state index contributed by atoms with van der Waals surface area (Å²) in [5.41, 5.74) is 0.964. The van der Waals surface area contributed by atoms with E-state index in [1.807, 2.05) is 0 Å². The van der Waals surface area contributed by atoms with Crippen molar-refractivity contribution in [3.8, 4) is 5.75 Å². The van der Waals surface area contributed by atoms with Crippen molar-refractivity contribution in [1.29, 1.82) is 0 Å². The summed E-state index contributed by atoms with van der Waals surface area (Å²) >= 11 is 0. The highest BCUT2D eigenvalue weighted by atomic mass is 16.5. The van der Waals surface area contributed by atoms with Crippen LogP contribution >= 0.6 is 0 Å². The number of ether oxygens (including phenoxy) is 1. The topological polar surface area (TPSA) is 116 Å². The number of carbonyl (C=O) groups excluding carboxylic acids is 2. The van der Waals surface area contributed by atoms with E-state index in [-0.39, 0.29) is 23.4 Å². The number of carboxylic acid groups (broad SMARTS) is 1. The van der Waals surface area contributed by atoms with Gasteiger partial charge in [0.2, 0.25) is 5.91 Å². The van der Waals surface area contributed by atoms with Gasteiger partial charge in [-0.3, -0.25) is 4.79 Å². The van der Waals surface area contributed by atoms with Gasteiger partial charge in [-0.15, -0.1) is 0 Å². The van der Waals surface area contributed by atoms with E-state index in [2.05, 4.69) is 5.32 Å². The lowest BCUT2D eigenvalue weighted by atomic mass is 9.82. The van der Waals surface area contributed by atoms with Crippen molar-refractivity contribution >= 4 is 23.5 Å². The Hall–Kier alpha value is -2.87. The van der Waals surface area contributed by atoms with Gasteiger partial charge < -0.3 is 25.2 Å². The van der Waals surface area contributed by atoms with Crippen LogP contribution in [-0.4, -0.2) is 52.3 Å². The smallest absolute Gasteiger partial charge is 0.412 e. The second kappa shape index (κ2) is 6.21. The van der Waals surface area contributed by atoms with E-state index in [9.17, 15) is 24.6 Å². The van der Waals surface area contributed by atoms with Crippen LogP contribution in [0.2, 0.25) is 0 Å². The van der Waals surface area contributed by atoms with Gasteiger partial charge in [0, 0.05) is 7.05 Å². The van der Waals surface area contributed by atoms with Crippen LogP contribution in [0.1, 0.15) is 18.9 Å². The number of rotatable bonds is 4. The molecule has 2 amide bonds. The van der Waals surface area contributed by atoms with Crippen LogP contribution in [0.15, 0.2) is 30.0 Å². The Labute approximate surface area is 143 Å². The van der Waals surface area contributed by atoms with Crippen LogP contribution in [0.4, 0.5) is 4.79 Å². The molecule has 8 heteroatoms. The first-order valence-electron chi connectivity index (χ1n) is 7.82. The van der Waals surface area contributed by atoms with Gasteiger partial charge in [0.1, 0.15) is 11.4 Å². The molecule has 2 heterocycles. The van der Waals surface area contributed by atoms with Crippen LogP contribution in [0.3, 0.4) is 0 Å². The molecule has 1 aromatic carbocycles. The molecule has 3 atom stereocenters. The van der Waals surface area contributed by atoms with Crippen molar-refractivity contribution in [2.75, 3.05) is 7.05 Å². The number of fused-ring (bicyclic) bond motifs is 1. The molecule has 0 unspecified atom stereocenters. The molecule has 25 heavy (non-hydrogen) atoms. The summed E-state index contributed by atoms with van der Waals surface area (Å²) in [5, 5.41) is 21.6. The fourth-order valence-electron chi connectivity index (χ4n) is 3.43. The molecule has 0 aromatic heterocycles. The van der Waals surface area contributed by atoms with E-state index in [4.69, 9.17) is 4.74 Å². The number of aliphatic carboxylic acids is 1. The van der Waals surface area contributed by atoms with Crippen molar-refractivity contribution in [2.45, 2.75) is 25.5 Å². The molecule has 1 saturated heterocycles. The SMILES string of the molecule is CNC(=O)Oc1cccc(C2=C(C(=O)O)N3C(=O)[C@H]([C@@H](C)O)[C@H]3C2)c1. The minimum absolute atomic E-state index is 0.0796. The molecular weight excluding hydrogens is 328 g/mol. The number of benzene rings is 1. The summed E-state index contributed by atoms with van der Waals surface area (Å²) in [6.45, 7) is 1.52. The minimum atomic E-state index is -1.20. The van der Waals surface area contributed by atoms with E-state index >= 15 is 0 Å². The lowest BCUT2D eigenvalue weighted by Crippen LogP contribution is -2.61. The first kappa shape index (κ1) is 17.0. The number of hydrogen-bond acceptors (Lipinski definition) is 5. The number of amides is 2. The van der Waals surface area contributed by atoms with Crippen LogP contribution in [0.25, 0.3) is 5.57 Å². The van der Waals surface area contributed by atoms with E-state index in [1.165, 1.54) is 18.9 Å². The van der Waals surface area contributed by atoms with Gasteiger partial charge in [0.25, 0.3) is 0 Å². The molecule has 0 spiro atoms. The summed E-state index contributed by atoms with van der Waals surface area (Å²) in [6, 6.07) is 6.11. The first-order chi connectivity index (χ1) is 11.8. The molecule has 8 nitrogen and oxygen atoms in total. The maximum atomic E-state index is 12.2. The molecule has 0 radical (unpaired) electrons. The molecule has 0 aliphatic carbocycles. The molecule has 0 bridgehead atoms. The Balaban J connectivity index is 1.96. The van der Waals surface area contributed by atoms with E-state index < -0.39 is 24.1 Å². The second-order valence-corrected chi connectivity index (χ2v) is 6.05. The van der Waals surface area contributed by atoms with Gasteiger partial charge in [-0.1, -0.05) is 12.1 Å². The monoisotopic (exact) mass is 346 g/mol. The van der Waals surface area contributed by atoms with Gasteiger partial charge in [-0.2, -0.15) is 0 Å². The number of nitrogens with zero attached hydrogens (tertiary/aromatic N) is 1. The summed E-state index contributed by atoms with van der Waals surface area (Å²) in [5.74, 6) is -1.92. The van der Waals surface area contributed by atoms with Crippen LogP contribution in [0.5, 0.6) is 5.75 Å². The van der Waals surface area contributed by atoms with E-state index in [0.717, 1.165) is 0 Å². The number of aliphatic hydroxyl groups excluding tert-OH is 1. The zero-order valence-electron chi connectivity index (χ0n) is 13.7. The molecule has 2 aliphatic heterocycles. The van der Waals surface area contributed by atoms with Crippen molar-refractivity contribution in [3.05, 3.63) is 35.5 Å². The summed E-state index contributed by atoms with van der Waals surface area (Å²) in [6.07, 6.45) is -1.15. The zero-order valence-corrected chi connectivity index (χ0v) is 13.7. The van der Waals surface area contributed by atoms with Crippen molar-refractivity contribution in [3.63, 3.8) is 0 Å². The maximum Gasteiger partial charge on any atom is 0.412 e. The van der Waals surface area contributed by atoms with Crippen molar-refractivity contribution < 1.29 is 29.3 Å². The molecule has 0 saturated carbocycles. The van der Waals surface area contributed by atoms with Crippen molar-refractivity contribution in [2.24, 2.45) is 5.92 Å². The Morgan fingerprint density at radius 3 is 2.72 bits per heavy atom. The van der Waals surface area contributed by atoms with E-state index in [1.54, 1.807) is 24.3 Å². The number of nitrogens with one attached hydrogen (secondary N) is 1. The number of carbonyl (C=O) groups is 3. The molecule has 132 valence electrons. The fraction of sp³-hybridized carbons (Fsp3) is 0.353. The predicted octanol–water partition coefficient (Wildman–Crippen LogP) is 0.812. The maximum absolute atomic E-state index is 12.2. The number of carboxylic acids is 1. The average molecular weight is 346 g/mol. The predicted molar refractivity (Wildman–Crippen MR) is 86.5 cm³/mol. The molecule has 3 rings (SSSR count). The Morgan fingerprint density at radius 1 is 1.40 bits per heavy atom. The third-order valence-electron chi connectivity index (χ3n) is 4.53. The second-order valence-electron chi connectivity index (χ2n) is 6.05. The van der Waals surface area contributed by atoms with Crippen LogP contribution in [0, 0.1) is 5.92 Å². The third kappa shape index (κ3) is 2.74. The quantitative estimate of drug-likeness (QED) is 0.695. The molecule has 1 aromatic rings. The van der Waals surface area contributed by atoms with Gasteiger partial charge in [-0.25, -0.2) is 9.59 Å². The number of β-lactam (4-membered cyclic amide) rings is 1. The molecule has 2 aliphatic rings. The van der Waals surface area contributed by atoms with Gasteiger partial charge >= 0.3 is 12.1 Å². The zero-order chi connectivity index (χ0) is 18.3. The largest absolute Gasteiger partial charge is 0.477 e. The number of aliphatic hydroxyl groups is 1. The van der Waals surface area contributed by atoms with Crippen LogP contribution < -0.4 is 10.1 Å². The number of hydrogen-bond donors (Lipinski definition) is 3. The summed E-state index contributed by atoms with van der Waals surface area (Å²) < 4.78 is 5.07. The fourth-order valence-corrected chi connectivity index (χ4v) is 3.43. The average Bonchev–Trinajstić information content (AvgIpc) is 2.89. The Morgan fingerprint density at radius 2 is 2.12 bits per heavy atom. The van der Waals surface area contributed by atoms with Gasteiger partial charge in [0.05, 0.1) is 18.1 Å². The highest BCUT2D eigenvalue weighted by Gasteiger charge is 2.56. The van der Waals surface area contributed by atoms with Gasteiger partial charge in [-0.05, 0) is 36.6 Å². The summed E-state index contributed by atoms with van der Waals surface area (Å²) in [7, 11) is 1.43. The highest BCUT2D eigenvalue weighted by Crippen LogP contribution is 2.47. The molecular formula is C17H18N2O6. The standard InChI is InChI=1S/C17H18N2O6/c1-8(20)13-12-7-11(14(16(22)23)19(12)15(13)21)9-4-3-5-10(6-9)25-17(24)18-2/h3-6,8,12-13,20H,7H2,1-2H3,(H,18,24)(H,22,23)/t8-,12-,13-/m1/s1. The summed E-state index contributed by atoms with van der Waals surface area (Å²) in [4.78, 5) is 36.5. The molecule has 1 fully saturated rings. The third-order valence-corrected chi connectivity index (χ3v) is 4.53. The van der Waals surface area contributed by atoms with Gasteiger partial charge in [0.15, 0.2) is 0 Å². The van der Waals surface area contributed by atoms with E-state index in [0.29, 0.717) is 17.6 Å². The highest BCUT2D eigenvalue weighted by molar-refractivity contribution is 6.06. The normalized spacial score (nSPS) is 23.0. The lowest BCUT2D eigenvalue weighted by Gasteiger charge is -2.44.